The molecule has 5 nitrogen and oxygen atoms in total. The van der Waals surface area contributed by atoms with E-state index in [0.29, 0.717) is 5.75 Å². The zero-order valence-electron chi connectivity index (χ0n) is 14.5. The Balaban J connectivity index is 1.84. The maximum absolute atomic E-state index is 12.2. The lowest BCUT2D eigenvalue weighted by Gasteiger charge is -2.18. The van der Waals surface area contributed by atoms with Crippen LogP contribution in [0.5, 0.6) is 5.75 Å². The van der Waals surface area contributed by atoms with Crippen LogP contribution in [0.25, 0.3) is 0 Å². The van der Waals surface area contributed by atoms with E-state index in [2.05, 4.69) is 21.2 Å². The highest BCUT2D eigenvalue weighted by molar-refractivity contribution is 9.10. The van der Waals surface area contributed by atoms with Crippen LogP contribution in [0.3, 0.4) is 0 Å². The predicted octanol–water partition coefficient (Wildman–Crippen LogP) is 3.54. The van der Waals surface area contributed by atoms with Gasteiger partial charge in [-0.3, -0.25) is 9.59 Å². The SMILES string of the molecule is Cc1cccc(NC(=O)CN(C)C(=O)COc2ccc(Br)cc2)c1C. The third-order valence-corrected chi connectivity index (χ3v) is 4.39. The van der Waals surface area contributed by atoms with Gasteiger partial charge in [0.15, 0.2) is 6.61 Å². The second-order valence-corrected chi connectivity index (χ2v) is 6.70. The molecule has 0 heterocycles. The van der Waals surface area contributed by atoms with Gasteiger partial charge in [-0.05, 0) is 55.3 Å². The maximum atomic E-state index is 12.2. The van der Waals surface area contributed by atoms with E-state index in [-0.39, 0.29) is 25.0 Å². The number of nitrogens with zero attached hydrogens (tertiary/aromatic N) is 1. The molecule has 2 aromatic rings. The number of aryl methyl sites for hydroxylation is 1. The first kappa shape index (κ1) is 19.0. The zero-order valence-corrected chi connectivity index (χ0v) is 16.1. The molecule has 0 aromatic heterocycles. The summed E-state index contributed by atoms with van der Waals surface area (Å²) in [5.41, 5.74) is 2.88. The van der Waals surface area contributed by atoms with Crippen molar-refractivity contribution in [1.29, 1.82) is 0 Å². The van der Waals surface area contributed by atoms with E-state index >= 15 is 0 Å². The van der Waals surface area contributed by atoms with Crippen LogP contribution in [0.2, 0.25) is 0 Å². The van der Waals surface area contributed by atoms with E-state index in [4.69, 9.17) is 4.74 Å². The van der Waals surface area contributed by atoms with Crippen molar-refractivity contribution in [3.63, 3.8) is 0 Å². The smallest absolute Gasteiger partial charge is 0.260 e. The van der Waals surface area contributed by atoms with Crippen LogP contribution in [-0.2, 0) is 9.59 Å². The van der Waals surface area contributed by atoms with Crippen LogP contribution >= 0.6 is 15.9 Å². The van der Waals surface area contributed by atoms with Crippen molar-refractivity contribution in [3.05, 3.63) is 58.1 Å². The van der Waals surface area contributed by atoms with Gasteiger partial charge in [0, 0.05) is 17.2 Å². The Morgan fingerprint density at radius 2 is 1.80 bits per heavy atom. The summed E-state index contributed by atoms with van der Waals surface area (Å²) in [6, 6.07) is 12.9. The summed E-state index contributed by atoms with van der Waals surface area (Å²) in [6.45, 7) is 3.79. The van der Waals surface area contributed by atoms with Gasteiger partial charge >= 0.3 is 0 Å². The number of hydrogen-bond donors (Lipinski definition) is 1. The fraction of sp³-hybridized carbons (Fsp3) is 0.263. The summed E-state index contributed by atoms with van der Waals surface area (Å²) in [6.07, 6.45) is 0. The van der Waals surface area contributed by atoms with Gasteiger partial charge in [-0.25, -0.2) is 0 Å². The Labute approximate surface area is 156 Å². The van der Waals surface area contributed by atoms with Crippen LogP contribution < -0.4 is 10.1 Å². The number of halogens is 1. The van der Waals surface area contributed by atoms with Gasteiger partial charge < -0.3 is 15.0 Å². The average molecular weight is 405 g/mol. The van der Waals surface area contributed by atoms with Gasteiger partial charge in [0.25, 0.3) is 5.91 Å². The van der Waals surface area contributed by atoms with Crippen molar-refractivity contribution in [3.8, 4) is 5.75 Å². The molecule has 0 fully saturated rings. The van der Waals surface area contributed by atoms with Crippen molar-refractivity contribution in [1.82, 2.24) is 4.90 Å². The fourth-order valence-corrected chi connectivity index (χ4v) is 2.43. The molecule has 0 unspecified atom stereocenters. The van der Waals surface area contributed by atoms with E-state index in [1.54, 1.807) is 19.2 Å². The van der Waals surface area contributed by atoms with Crippen LogP contribution in [0, 0.1) is 13.8 Å². The summed E-state index contributed by atoms with van der Waals surface area (Å²) in [5, 5.41) is 2.84. The van der Waals surface area contributed by atoms with Gasteiger partial charge in [0.2, 0.25) is 5.91 Å². The number of anilines is 1. The van der Waals surface area contributed by atoms with Crippen molar-refractivity contribution < 1.29 is 14.3 Å². The third kappa shape index (κ3) is 5.60. The minimum absolute atomic E-state index is 0.0318. The quantitative estimate of drug-likeness (QED) is 0.800. The molecule has 1 N–H and O–H groups in total. The molecule has 2 rings (SSSR count). The van der Waals surface area contributed by atoms with E-state index < -0.39 is 0 Å². The molecule has 6 heteroatoms. The lowest BCUT2D eigenvalue weighted by Crippen LogP contribution is -2.37. The van der Waals surface area contributed by atoms with Gasteiger partial charge in [-0.2, -0.15) is 0 Å². The van der Waals surface area contributed by atoms with Crippen molar-refractivity contribution >= 4 is 33.4 Å². The number of rotatable bonds is 6. The topological polar surface area (TPSA) is 58.6 Å². The molecule has 25 heavy (non-hydrogen) atoms. The molecule has 0 bridgehead atoms. The molecule has 2 aromatic carbocycles. The van der Waals surface area contributed by atoms with Crippen molar-refractivity contribution in [2.45, 2.75) is 13.8 Å². The van der Waals surface area contributed by atoms with Crippen LogP contribution in [0.15, 0.2) is 46.9 Å². The minimum atomic E-state index is -0.265. The first-order valence-corrected chi connectivity index (χ1v) is 8.64. The molecule has 0 saturated heterocycles. The van der Waals surface area contributed by atoms with Crippen molar-refractivity contribution in [2.75, 3.05) is 25.5 Å². The van der Waals surface area contributed by atoms with Crippen molar-refractivity contribution in [2.24, 2.45) is 0 Å². The molecular formula is C19H21BrN2O3. The number of nitrogens with one attached hydrogen (secondary N) is 1. The number of carbonyl (C=O) groups excluding carboxylic acids is 2. The highest BCUT2D eigenvalue weighted by atomic mass is 79.9. The van der Waals surface area contributed by atoms with E-state index in [1.165, 1.54) is 4.90 Å². The minimum Gasteiger partial charge on any atom is -0.484 e. The number of likely N-dealkylation sites (N-methyl/N-ethyl adjacent to an activating group) is 1. The van der Waals surface area contributed by atoms with Crippen LogP contribution in [0.1, 0.15) is 11.1 Å². The Kier molecular flexibility index (Phi) is 6.58. The molecule has 0 spiro atoms. The zero-order chi connectivity index (χ0) is 18.4. The number of benzene rings is 2. The first-order valence-electron chi connectivity index (χ1n) is 7.85. The maximum Gasteiger partial charge on any atom is 0.260 e. The monoisotopic (exact) mass is 404 g/mol. The Hall–Kier alpha value is -2.34. The highest BCUT2D eigenvalue weighted by Gasteiger charge is 2.14. The molecule has 0 aliphatic heterocycles. The molecule has 0 aliphatic carbocycles. The van der Waals surface area contributed by atoms with Gasteiger partial charge in [0.1, 0.15) is 5.75 Å². The number of carbonyl (C=O) groups is 2. The van der Waals surface area contributed by atoms with Gasteiger partial charge in [-0.1, -0.05) is 28.1 Å². The molecule has 0 aliphatic rings. The molecule has 2 amide bonds. The molecule has 0 saturated carbocycles. The van der Waals surface area contributed by atoms with E-state index in [0.717, 1.165) is 21.3 Å². The number of amides is 2. The average Bonchev–Trinajstić information content (AvgIpc) is 2.58. The van der Waals surface area contributed by atoms with Crippen LogP contribution in [-0.4, -0.2) is 36.9 Å². The van der Waals surface area contributed by atoms with Crippen LogP contribution in [0.4, 0.5) is 5.69 Å². The summed E-state index contributed by atoms with van der Waals surface area (Å²) in [4.78, 5) is 25.6. The molecule has 0 radical (unpaired) electrons. The predicted molar refractivity (Wildman–Crippen MR) is 102 cm³/mol. The second kappa shape index (κ2) is 8.67. The summed E-state index contributed by atoms with van der Waals surface area (Å²) in [7, 11) is 1.58. The Morgan fingerprint density at radius 3 is 2.48 bits per heavy atom. The molecular weight excluding hydrogens is 384 g/mol. The molecule has 132 valence electrons. The summed E-state index contributed by atoms with van der Waals surface area (Å²) < 4.78 is 6.37. The number of hydrogen-bond acceptors (Lipinski definition) is 3. The normalized spacial score (nSPS) is 10.2. The molecule has 0 atom stereocenters. The first-order chi connectivity index (χ1) is 11.9. The largest absolute Gasteiger partial charge is 0.484 e. The Morgan fingerprint density at radius 1 is 1.12 bits per heavy atom. The fourth-order valence-electron chi connectivity index (χ4n) is 2.17. The highest BCUT2D eigenvalue weighted by Crippen LogP contribution is 2.18. The third-order valence-electron chi connectivity index (χ3n) is 3.86. The summed E-state index contributed by atoms with van der Waals surface area (Å²) >= 11 is 3.34. The van der Waals surface area contributed by atoms with E-state index in [9.17, 15) is 9.59 Å². The van der Waals surface area contributed by atoms with E-state index in [1.807, 2.05) is 44.2 Å². The number of ether oxygens (including phenoxy) is 1. The standard InChI is InChI=1S/C19H21BrN2O3/c1-13-5-4-6-17(14(13)2)21-18(23)11-22(3)19(24)12-25-16-9-7-15(20)8-10-16/h4-10H,11-12H2,1-3H3,(H,21,23). The summed E-state index contributed by atoms with van der Waals surface area (Å²) in [5.74, 6) is 0.0945. The van der Waals surface area contributed by atoms with Gasteiger partial charge in [0.05, 0.1) is 6.54 Å². The lowest BCUT2D eigenvalue weighted by molar-refractivity contribution is -0.135. The lowest BCUT2D eigenvalue weighted by atomic mass is 10.1. The Bertz CT molecular complexity index is 760. The van der Waals surface area contributed by atoms with Gasteiger partial charge in [-0.15, -0.1) is 0 Å². The second-order valence-electron chi connectivity index (χ2n) is 5.79.